The first kappa shape index (κ1) is 18.1. The van der Waals surface area contributed by atoms with Gasteiger partial charge in [-0.05, 0) is 43.4 Å². The van der Waals surface area contributed by atoms with Crippen LogP contribution in [0.1, 0.15) is 31.2 Å². The van der Waals surface area contributed by atoms with Crippen LogP contribution in [0, 0.1) is 5.92 Å². The molecule has 2 saturated heterocycles. The number of carbonyl (C=O) groups is 1. The van der Waals surface area contributed by atoms with Gasteiger partial charge in [0.2, 0.25) is 15.9 Å². The largest absolute Gasteiger partial charge is 0.357 e. The van der Waals surface area contributed by atoms with Crippen LogP contribution in [-0.4, -0.2) is 56.0 Å². The van der Waals surface area contributed by atoms with Crippen molar-refractivity contribution in [3.05, 3.63) is 23.9 Å². The molecule has 1 aromatic rings. The lowest BCUT2D eigenvalue weighted by molar-refractivity contribution is -0.126. The summed E-state index contributed by atoms with van der Waals surface area (Å²) < 4.78 is 24.8. The fourth-order valence-corrected chi connectivity index (χ4v) is 4.39. The molecular formula is C17H26N4O3S. The molecule has 0 aromatic carbocycles. The van der Waals surface area contributed by atoms with E-state index >= 15 is 0 Å². The molecule has 2 aliphatic rings. The Morgan fingerprint density at radius 1 is 1.28 bits per heavy atom. The molecule has 1 aromatic heterocycles. The van der Waals surface area contributed by atoms with Crippen molar-refractivity contribution in [2.24, 2.45) is 5.92 Å². The second-order valence-corrected chi connectivity index (χ2v) is 8.88. The highest BCUT2D eigenvalue weighted by atomic mass is 32.2. The fourth-order valence-electron chi connectivity index (χ4n) is 3.48. The molecule has 1 N–H and O–H groups in total. The van der Waals surface area contributed by atoms with Crippen LogP contribution >= 0.6 is 0 Å². The van der Waals surface area contributed by atoms with Gasteiger partial charge < -0.3 is 10.2 Å². The number of rotatable bonds is 5. The Balaban J connectivity index is 1.56. The normalized spacial score (nSPS) is 22.1. The molecule has 3 heterocycles. The first-order valence-corrected chi connectivity index (χ1v) is 10.7. The third-order valence-electron chi connectivity index (χ3n) is 4.93. The number of carbonyl (C=O) groups excluding carboxylic acids is 1. The molecule has 7 nitrogen and oxygen atoms in total. The highest BCUT2D eigenvalue weighted by Crippen LogP contribution is 2.20. The Morgan fingerprint density at radius 2 is 2.04 bits per heavy atom. The topological polar surface area (TPSA) is 82.6 Å². The molecule has 0 bridgehead atoms. The molecule has 0 radical (unpaired) electrons. The molecule has 1 amide bonds. The summed E-state index contributed by atoms with van der Waals surface area (Å²) in [5.41, 5.74) is 1.01. The van der Waals surface area contributed by atoms with E-state index in [0.717, 1.165) is 37.3 Å². The summed E-state index contributed by atoms with van der Waals surface area (Å²) in [7, 11) is -3.23. The van der Waals surface area contributed by atoms with Gasteiger partial charge in [0.15, 0.2) is 0 Å². The van der Waals surface area contributed by atoms with Gasteiger partial charge in [0.25, 0.3) is 0 Å². The monoisotopic (exact) mass is 366 g/mol. The van der Waals surface area contributed by atoms with Crippen molar-refractivity contribution in [2.45, 2.75) is 32.2 Å². The fraction of sp³-hybridized carbons (Fsp3) is 0.647. The number of anilines is 1. The van der Waals surface area contributed by atoms with Crippen LogP contribution in [0.4, 0.5) is 5.82 Å². The molecule has 8 heteroatoms. The van der Waals surface area contributed by atoms with E-state index in [4.69, 9.17) is 0 Å². The average Bonchev–Trinajstić information content (AvgIpc) is 3.14. The zero-order valence-corrected chi connectivity index (χ0v) is 15.5. The summed E-state index contributed by atoms with van der Waals surface area (Å²) in [6.07, 6.45) is 6.82. The standard InChI is InChI=1S/C17H26N4O3S/c1-25(23,24)21-10-4-5-15(13-21)17(22)19-12-14-6-7-18-16(11-14)20-8-2-3-9-20/h6-7,11,15H,2-5,8-10,12-13H2,1H3,(H,19,22). The molecule has 138 valence electrons. The van der Waals surface area contributed by atoms with Crippen LogP contribution in [-0.2, 0) is 21.4 Å². The van der Waals surface area contributed by atoms with Crippen molar-refractivity contribution in [3.8, 4) is 0 Å². The maximum absolute atomic E-state index is 12.4. The number of aromatic nitrogens is 1. The van der Waals surface area contributed by atoms with Crippen molar-refractivity contribution >= 4 is 21.7 Å². The van der Waals surface area contributed by atoms with Crippen LogP contribution < -0.4 is 10.2 Å². The number of nitrogens with zero attached hydrogens (tertiary/aromatic N) is 3. The maximum atomic E-state index is 12.4. The second-order valence-electron chi connectivity index (χ2n) is 6.89. The summed E-state index contributed by atoms with van der Waals surface area (Å²) in [5, 5.41) is 2.95. The SMILES string of the molecule is CS(=O)(=O)N1CCCC(C(=O)NCc2ccnc(N3CCCC3)c2)C1. The molecule has 0 saturated carbocycles. The minimum absolute atomic E-state index is 0.0760. The van der Waals surface area contributed by atoms with Crippen molar-refractivity contribution in [1.82, 2.24) is 14.6 Å². The van der Waals surface area contributed by atoms with Crippen molar-refractivity contribution in [2.75, 3.05) is 37.3 Å². The molecule has 1 unspecified atom stereocenters. The van der Waals surface area contributed by atoms with Crippen LogP contribution in [0.3, 0.4) is 0 Å². The Labute approximate surface area is 149 Å². The highest BCUT2D eigenvalue weighted by Gasteiger charge is 2.30. The van der Waals surface area contributed by atoms with E-state index in [1.165, 1.54) is 23.4 Å². The number of hydrogen-bond donors (Lipinski definition) is 1. The summed E-state index contributed by atoms with van der Waals surface area (Å²) in [6.45, 7) is 3.29. The van der Waals surface area contributed by atoms with Gasteiger partial charge in [-0.2, -0.15) is 0 Å². The Morgan fingerprint density at radius 3 is 2.76 bits per heavy atom. The van der Waals surface area contributed by atoms with Crippen LogP contribution in [0.25, 0.3) is 0 Å². The zero-order valence-electron chi connectivity index (χ0n) is 14.6. The maximum Gasteiger partial charge on any atom is 0.224 e. The van der Waals surface area contributed by atoms with E-state index < -0.39 is 10.0 Å². The number of nitrogens with one attached hydrogen (secondary N) is 1. The van der Waals surface area contributed by atoms with Crippen LogP contribution in [0.15, 0.2) is 18.3 Å². The number of pyridine rings is 1. The van der Waals surface area contributed by atoms with Crippen LogP contribution in [0.2, 0.25) is 0 Å². The van der Waals surface area contributed by atoms with E-state index in [0.29, 0.717) is 13.1 Å². The third kappa shape index (κ3) is 4.70. The molecule has 2 aliphatic heterocycles. The quantitative estimate of drug-likeness (QED) is 0.840. The number of amides is 1. The van der Waals surface area contributed by atoms with Crippen molar-refractivity contribution in [3.63, 3.8) is 0 Å². The van der Waals surface area contributed by atoms with E-state index in [9.17, 15) is 13.2 Å². The Bertz CT molecular complexity index is 716. The van der Waals surface area contributed by atoms with Gasteiger partial charge in [0, 0.05) is 38.9 Å². The lowest BCUT2D eigenvalue weighted by Crippen LogP contribution is -2.44. The first-order chi connectivity index (χ1) is 11.9. The van der Waals surface area contributed by atoms with Gasteiger partial charge in [-0.3, -0.25) is 4.79 Å². The zero-order chi connectivity index (χ0) is 17.9. The van der Waals surface area contributed by atoms with E-state index in [2.05, 4.69) is 15.2 Å². The summed E-state index contributed by atoms with van der Waals surface area (Å²) >= 11 is 0. The highest BCUT2D eigenvalue weighted by molar-refractivity contribution is 7.88. The van der Waals surface area contributed by atoms with Crippen molar-refractivity contribution in [1.29, 1.82) is 0 Å². The number of sulfonamides is 1. The molecule has 2 fully saturated rings. The van der Waals surface area contributed by atoms with E-state index in [1.54, 1.807) is 6.20 Å². The predicted molar refractivity (Wildman–Crippen MR) is 96.7 cm³/mol. The number of piperidine rings is 1. The summed E-state index contributed by atoms with van der Waals surface area (Å²) in [5.74, 6) is 0.612. The Hall–Kier alpha value is -1.67. The Kier molecular flexibility index (Phi) is 5.58. The average molecular weight is 366 g/mol. The van der Waals surface area contributed by atoms with Gasteiger partial charge in [0.1, 0.15) is 5.82 Å². The smallest absolute Gasteiger partial charge is 0.224 e. The molecule has 0 aliphatic carbocycles. The van der Waals surface area contributed by atoms with Crippen molar-refractivity contribution < 1.29 is 13.2 Å². The third-order valence-corrected chi connectivity index (χ3v) is 6.20. The molecule has 1 atom stereocenters. The lowest BCUT2D eigenvalue weighted by atomic mass is 9.99. The second kappa shape index (κ2) is 7.70. The predicted octanol–water partition coefficient (Wildman–Crippen LogP) is 0.970. The summed E-state index contributed by atoms with van der Waals surface area (Å²) in [4.78, 5) is 19.1. The van der Waals surface area contributed by atoms with Gasteiger partial charge >= 0.3 is 0 Å². The first-order valence-electron chi connectivity index (χ1n) is 8.86. The lowest BCUT2D eigenvalue weighted by Gasteiger charge is -2.30. The molecular weight excluding hydrogens is 340 g/mol. The van der Waals surface area contributed by atoms with E-state index in [1.807, 2.05) is 12.1 Å². The number of hydrogen-bond acceptors (Lipinski definition) is 5. The van der Waals surface area contributed by atoms with Gasteiger partial charge in [-0.15, -0.1) is 0 Å². The molecule has 0 spiro atoms. The molecule has 3 rings (SSSR count). The van der Waals surface area contributed by atoms with E-state index in [-0.39, 0.29) is 18.4 Å². The van der Waals surface area contributed by atoms with Gasteiger partial charge in [-0.25, -0.2) is 17.7 Å². The van der Waals surface area contributed by atoms with Gasteiger partial charge in [0.05, 0.1) is 12.2 Å². The van der Waals surface area contributed by atoms with Gasteiger partial charge in [-0.1, -0.05) is 0 Å². The summed E-state index contributed by atoms with van der Waals surface area (Å²) in [6, 6.07) is 3.93. The minimum atomic E-state index is -3.23. The van der Waals surface area contributed by atoms with Crippen LogP contribution in [0.5, 0.6) is 0 Å². The minimum Gasteiger partial charge on any atom is -0.357 e. The molecule has 25 heavy (non-hydrogen) atoms.